The molecule has 2 atom stereocenters. The molecule has 2 amide bonds. The van der Waals surface area contributed by atoms with Gasteiger partial charge in [-0.25, -0.2) is 4.85 Å². The predicted octanol–water partition coefficient (Wildman–Crippen LogP) is 2.76. The van der Waals surface area contributed by atoms with Crippen LogP contribution >= 0.6 is 0 Å². The molecule has 3 aromatic rings. The van der Waals surface area contributed by atoms with Gasteiger partial charge in [-0.05, 0) is 29.3 Å². The molecule has 0 radical (unpaired) electrons. The summed E-state index contributed by atoms with van der Waals surface area (Å²) in [6, 6.07) is 10.1. The van der Waals surface area contributed by atoms with Crippen molar-refractivity contribution in [2.45, 2.75) is 18.5 Å². The highest BCUT2D eigenvalue weighted by Gasteiger charge is 2.47. The molecule has 1 aromatic heterocycles. The maximum Gasteiger partial charge on any atom is 0.245 e. The van der Waals surface area contributed by atoms with Crippen LogP contribution in [0.2, 0.25) is 0 Å². The minimum atomic E-state index is -0.575. The highest BCUT2D eigenvalue weighted by Crippen LogP contribution is 2.45. The van der Waals surface area contributed by atoms with Crippen LogP contribution in [0.15, 0.2) is 36.4 Å². The molecule has 3 aliphatic heterocycles. The highest BCUT2D eigenvalue weighted by atomic mass is 16.7. The van der Waals surface area contributed by atoms with Gasteiger partial charge in [0.2, 0.25) is 18.6 Å². The number of amides is 2. The number of nitrogens with zero attached hydrogens (tertiary/aromatic N) is 3. The van der Waals surface area contributed by atoms with Crippen molar-refractivity contribution in [3.05, 3.63) is 64.6 Å². The number of likely N-dealkylation sites (N-methyl/N-ethyl adjacent to an activating group) is 1. The van der Waals surface area contributed by atoms with Gasteiger partial charge in [-0.3, -0.25) is 9.59 Å². The van der Waals surface area contributed by atoms with Gasteiger partial charge in [-0.1, -0.05) is 18.2 Å². The first-order valence-corrected chi connectivity index (χ1v) is 10.0. The average molecular weight is 414 g/mol. The summed E-state index contributed by atoms with van der Waals surface area (Å²) in [6.07, 6.45) is 0.433. The van der Waals surface area contributed by atoms with E-state index >= 15 is 0 Å². The molecule has 154 valence electrons. The number of aromatic amines is 1. The summed E-state index contributed by atoms with van der Waals surface area (Å²) >= 11 is 0. The molecule has 3 aliphatic rings. The van der Waals surface area contributed by atoms with E-state index in [9.17, 15) is 9.59 Å². The molecule has 31 heavy (non-hydrogen) atoms. The molecule has 0 spiro atoms. The third-order valence-electron chi connectivity index (χ3n) is 6.37. The molecule has 0 saturated carbocycles. The Labute approximate surface area is 177 Å². The number of rotatable bonds is 1. The normalized spacial score (nSPS) is 21.8. The fourth-order valence-corrected chi connectivity index (χ4v) is 4.95. The summed E-state index contributed by atoms with van der Waals surface area (Å²) in [7, 11) is 1.67. The smallest absolute Gasteiger partial charge is 0.245 e. The number of carbonyl (C=O) groups excluding carboxylic acids is 2. The lowest BCUT2D eigenvalue weighted by Gasteiger charge is -2.46. The zero-order chi connectivity index (χ0) is 21.3. The number of hydrogen-bond acceptors (Lipinski definition) is 4. The number of piperazine rings is 1. The van der Waals surface area contributed by atoms with E-state index < -0.39 is 12.1 Å². The summed E-state index contributed by atoms with van der Waals surface area (Å²) in [5.41, 5.74) is 4.09. The summed E-state index contributed by atoms with van der Waals surface area (Å²) in [4.78, 5) is 36.4. The van der Waals surface area contributed by atoms with Crippen molar-refractivity contribution in [3.63, 3.8) is 0 Å². The van der Waals surface area contributed by atoms with Crippen LogP contribution in [0.3, 0.4) is 0 Å². The minimum absolute atomic E-state index is 0.0494. The molecule has 0 aliphatic carbocycles. The van der Waals surface area contributed by atoms with Crippen molar-refractivity contribution in [3.8, 4) is 11.5 Å². The first-order chi connectivity index (χ1) is 15.0. The van der Waals surface area contributed by atoms with Crippen LogP contribution in [-0.2, 0) is 16.0 Å². The van der Waals surface area contributed by atoms with Crippen LogP contribution in [-0.4, -0.2) is 53.0 Å². The maximum absolute atomic E-state index is 13.1. The first-order valence-electron chi connectivity index (χ1n) is 10.0. The topological polar surface area (TPSA) is 79.2 Å². The van der Waals surface area contributed by atoms with Gasteiger partial charge in [-0.15, -0.1) is 0 Å². The third kappa shape index (κ3) is 2.46. The second-order valence-corrected chi connectivity index (χ2v) is 8.09. The largest absolute Gasteiger partial charge is 0.454 e. The van der Waals surface area contributed by atoms with E-state index in [1.54, 1.807) is 18.0 Å². The van der Waals surface area contributed by atoms with Crippen LogP contribution in [0.5, 0.6) is 11.5 Å². The number of fused-ring (bicyclic) bond motifs is 5. The van der Waals surface area contributed by atoms with Crippen molar-refractivity contribution in [2.75, 3.05) is 20.4 Å². The van der Waals surface area contributed by atoms with Gasteiger partial charge in [-0.2, -0.15) is 0 Å². The van der Waals surface area contributed by atoms with Crippen LogP contribution < -0.4 is 9.47 Å². The quantitative estimate of drug-likeness (QED) is 0.621. The molecule has 0 bridgehead atoms. The standard InChI is InChI=1S/C23H18N4O4/c1-24-13-4-5-14-15-9-17-23(29)26(2)10-20(28)27(17)22(21(15)25-16(14)8-13)12-3-6-18-19(7-12)31-11-30-18/h3-8,17,22,25H,9-11H2,2H3/t17-,22-/m1/s1. The Balaban J connectivity index is 1.59. The maximum atomic E-state index is 13.1. The molecule has 6 rings (SSSR count). The van der Waals surface area contributed by atoms with Crippen LogP contribution in [0.1, 0.15) is 22.9 Å². The van der Waals surface area contributed by atoms with E-state index in [2.05, 4.69) is 9.83 Å². The van der Waals surface area contributed by atoms with Crippen LogP contribution in [0.25, 0.3) is 15.7 Å². The minimum Gasteiger partial charge on any atom is -0.454 e. The predicted molar refractivity (Wildman–Crippen MR) is 111 cm³/mol. The van der Waals surface area contributed by atoms with Gasteiger partial charge < -0.3 is 24.3 Å². The second-order valence-electron chi connectivity index (χ2n) is 8.09. The van der Waals surface area contributed by atoms with E-state index in [1.165, 1.54) is 4.90 Å². The molecule has 8 nitrogen and oxygen atoms in total. The molecule has 8 heteroatoms. The molecule has 1 saturated heterocycles. The fraction of sp³-hybridized carbons (Fsp3) is 0.261. The van der Waals surface area contributed by atoms with Crippen molar-refractivity contribution in [1.29, 1.82) is 0 Å². The number of ether oxygens (including phenoxy) is 2. The van der Waals surface area contributed by atoms with E-state index in [0.717, 1.165) is 27.7 Å². The molecule has 1 fully saturated rings. The molecule has 1 N–H and O–H groups in total. The number of aromatic nitrogens is 1. The Morgan fingerprint density at radius 3 is 2.81 bits per heavy atom. The lowest BCUT2D eigenvalue weighted by molar-refractivity contribution is -0.157. The van der Waals surface area contributed by atoms with Gasteiger partial charge in [0.15, 0.2) is 17.2 Å². The van der Waals surface area contributed by atoms with Gasteiger partial charge in [0.1, 0.15) is 6.04 Å². The Bertz CT molecular complexity index is 1320. The van der Waals surface area contributed by atoms with E-state index in [4.69, 9.17) is 16.0 Å². The zero-order valence-electron chi connectivity index (χ0n) is 16.7. The Morgan fingerprint density at radius 1 is 1.13 bits per heavy atom. The number of nitrogens with one attached hydrogen (secondary N) is 1. The van der Waals surface area contributed by atoms with Gasteiger partial charge >= 0.3 is 0 Å². The molecule has 4 heterocycles. The number of H-pyrrole nitrogens is 1. The summed E-state index contributed by atoms with van der Waals surface area (Å²) < 4.78 is 11.0. The lowest BCUT2D eigenvalue weighted by atomic mass is 9.86. The van der Waals surface area contributed by atoms with E-state index in [1.807, 2.05) is 30.3 Å². The molecular weight excluding hydrogens is 396 g/mol. The SMILES string of the molecule is [C-]#[N+]c1ccc2c3c([nH]c2c1)[C@@H](c1ccc2c(c1)OCO2)N1C(=O)CN(C)C(=O)[C@H]1C3. The van der Waals surface area contributed by atoms with Crippen molar-refractivity contribution in [1.82, 2.24) is 14.8 Å². The summed E-state index contributed by atoms with van der Waals surface area (Å²) in [5, 5.41) is 0.973. The fourth-order valence-electron chi connectivity index (χ4n) is 4.95. The number of benzene rings is 2. The van der Waals surface area contributed by atoms with Crippen molar-refractivity contribution in [2.24, 2.45) is 0 Å². The monoisotopic (exact) mass is 414 g/mol. The second kappa shape index (κ2) is 6.25. The van der Waals surface area contributed by atoms with Crippen molar-refractivity contribution < 1.29 is 19.1 Å². The Hall–Kier alpha value is -3.99. The number of carbonyl (C=O) groups is 2. The Kier molecular flexibility index (Phi) is 3.60. The molecular formula is C23H18N4O4. The summed E-state index contributed by atoms with van der Waals surface area (Å²) in [6.45, 7) is 7.53. The van der Waals surface area contributed by atoms with E-state index in [-0.39, 0.29) is 25.2 Å². The van der Waals surface area contributed by atoms with Gasteiger partial charge in [0.25, 0.3) is 0 Å². The van der Waals surface area contributed by atoms with Crippen molar-refractivity contribution >= 4 is 28.4 Å². The first kappa shape index (κ1) is 17.8. The highest BCUT2D eigenvalue weighted by molar-refractivity contribution is 5.97. The van der Waals surface area contributed by atoms with E-state index in [0.29, 0.717) is 23.6 Å². The zero-order valence-corrected chi connectivity index (χ0v) is 16.7. The van der Waals surface area contributed by atoms with Gasteiger partial charge in [0.05, 0.1) is 19.2 Å². The van der Waals surface area contributed by atoms with Crippen LogP contribution in [0, 0.1) is 6.57 Å². The van der Waals surface area contributed by atoms with Gasteiger partial charge in [0, 0.05) is 30.1 Å². The summed E-state index contributed by atoms with van der Waals surface area (Å²) in [5.74, 6) is 1.12. The lowest BCUT2D eigenvalue weighted by Crippen LogP contribution is -2.62. The molecule has 0 unspecified atom stereocenters. The third-order valence-corrected chi connectivity index (χ3v) is 6.37. The average Bonchev–Trinajstić information content (AvgIpc) is 3.39. The van der Waals surface area contributed by atoms with Crippen LogP contribution in [0.4, 0.5) is 5.69 Å². The Morgan fingerprint density at radius 2 is 1.97 bits per heavy atom. The number of hydrogen-bond donors (Lipinski definition) is 1. The molecule has 2 aromatic carbocycles.